The molecule has 0 radical (unpaired) electrons. The number of phenolic OH excluding ortho intramolecular Hbond substituents is 1. The van der Waals surface area contributed by atoms with Crippen LogP contribution in [-0.2, 0) is 16.2 Å². The van der Waals surface area contributed by atoms with E-state index in [4.69, 9.17) is 9.97 Å². The summed E-state index contributed by atoms with van der Waals surface area (Å²) in [5, 5.41) is 11.9. The van der Waals surface area contributed by atoms with Gasteiger partial charge in [-0.1, -0.05) is 152 Å². The van der Waals surface area contributed by atoms with E-state index in [0.29, 0.717) is 0 Å². The highest BCUT2D eigenvalue weighted by Crippen LogP contribution is 2.52. The van der Waals surface area contributed by atoms with Gasteiger partial charge < -0.3 is 5.11 Å². The zero-order valence-corrected chi connectivity index (χ0v) is 34.1. The van der Waals surface area contributed by atoms with Crippen molar-refractivity contribution in [3.8, 4) is 73.0 Å². The van der Waals surface area contributed by atoms with Crippen molar-refractivity contribution in [3.63, 3.8) is 0 Å². The predicted molar refractivity (Wildman–Crippen MR) is 237 cm³/mol. The molecule has 0 amide bonds. The predicted octanol–water partition coefficient (Wildman–Crippen LogP) is 13.7. The minimum absolute atomic E-state index is 0.0492. The highest BCUT2D eigenvalue weighted by Gasteiger charge is 2.36. The summed E-state index contributed by atoms with van der Waals surface area (Å²) in [7, 11) is 0. The van der Waals surface area contributed by atoms with E-state index < -0.39 is 0 Å². The SMILES string of the molecule is CC(C)(C)c1cc(-c2cc(-c3cccc(-c4nc5ccccn5c4-c4ccccc4)c3)nc(-c3cc4c(cc3O)-c3ccccc3C4(C)C)c2)cc(C(C)(C)C)c1. The number of fused-ring (bicyclic) bond motifs is 4. The zero-order valence-electron chi connectivity index (χ0n) is 34.1. The second kappa shape index (κ2) is 13.2. The maximum Gasteiger partial charge on any atom is 0.137 e. The lowest BCUT2D eigenvalue weighted by Gasteiger charge is -2.26. The Morgan fingerprint density at radius 2 is 1.12 bits per heavy atom. The third-order valence-electron chi connectivity index (χ3n) is 11.8. The smallest absolute Gasteiger partial charge is 0.137 e. The molecular formula is C53H49N3O. The fraction of sp³-hybridized carbons (Fsp3) is 0.208. The van der Waals surface area contributed by atoms with Crippen molar-refractivity contribution in [1.29, 1.82) is 0 Å². The average Bonchev–Trinajstić information content (AvgIpc) is 3.69. The molecule has 0 spiro atoms. The minimum Gasteiger partial charge on any atom is -0.507 e. The van der Waals surface area contributed by atoms with E-state index in [1.54, 1.807) is 0 Å². The maximum atomic E-state index is 11.9. The van der Waals surface area contributed by atoms with E-state index >= 15 is 0 Å². The molecule has 282 valence electrons. The molecule has 5 aromatic carbocycles. The Bertz CT molecular complexity index is 2810. The molecule has 57 heavy (non-hydrogen) atoms. The van der Waals surface area contributed by atoms with E-state index in [1.807, 2.05) is 24.3 Å². The molecule has 0 bridgehead atoms. The van der Waals surface area contributed by atoms with Gasteiger partial charge in [0.05, 0.1) is 22.8 Å². The molecule has 1 aliphatic rings. The van der Waals surface area contributed by atoms with Gasteiger partial charge in [0.2, 0.25) is 0 Å². The molecule has 0 saturated heterocycles. The van der Waals surface area contributed by atoms with Crippen LogP contribution in [0.4, 0.5) is 0 Å². The number of hydrogen-bond donors (Lipinski definition) is 1. The first kappa shape index (κ1) is 36.4. The summed E-state index contributed by atoms with van der Waals surface area (Å²) in [6, 6.07) is 49.2. The Labute approximate surface area is 336 Å². The fourth-order valence-corrected chi connectivity index (χ4v) is 8.48. The molecule has 3 aromatic heterocycles. The van der Waals surface area contributed by atoms with Crippen molar-refractivity contribution in [3.05, 3.63) is 168 Å². The van der Waals surface area contributed by atoms with Gasteiger partial charge in [0.15, 0.2) is 0 Å². The molecule has 0 saturated carbocycles. The van der Waals surface area contributed by atoms with E-state index in [9.17, 15) is 5.11 Å². The van der Waals surface area contributed by atoms with Crippen LogP contribution >= 0.6 is 0 Å². The third-order valence-corrected chi connectivity index (χ3v) is 11.8. The second-order valence-corrected chi connectivity index (χ2v) is 18.2. The molecule has 4 heteroatoms. The summed E-state index contributed by atoms with van der Waals surface area (Å²) in [5.41, 5.74) is 17.4. The van der Waals surface area contributed by atoms with Gasteiger partial charge in [-0.25, -0.2) is 9.97 Å². The maximum absolute atomic E-state index is 11.9. The van der Waals surface area contributed by atoms with E-state index in [1.165, 1.54) is 27.8 Å². The number of benzene rings is 5. The van der Waals surface area contributed by atoms with Gasteiger partial charge in [0.25, 0.3) is 0 Å². The fourth-order valence-electron chi connectivity index (χ4n) is 8.48. The summed E-state index contributed by atoms with van der Waals surface area (Å²) in [5.74, 6) is 0.224. The molecule has 8 aromatic rings. The van der Waals surface area contributed by atoms with Crippen LogP contribution in [0.15, 0.2) is 146 Å². The Morgan fingerprint density at radius 1 is 0.491 bits per heavy atom. The van der Waals surface area contributed by atoms with Crippen LogP contribution < -0.4 is 0 Å². The molecule has 0 fully saturated rings. The summed E-state index contributed by atoms with van der Waals surface area (Å²) < 4.78 is 2.17. The van der Waals surface area contributed by atoms with Crippen LogP contribution in [0.25, 0.3) is 72.9 Å². The number of hydrogen-bond acceptors (Lipinski definition) is 3. The summed E-state index contributed by atoms with van der Waals surface area (Å²) in [6.07, 6.45) is 2.08. The van der Waals surface area contributed by atoms with E-state index in [-0.39, 0.29) is 22.0 Å². The second-order valence-electron chi connectivity index (χ2n) is 18.2. The largest absolute Gasteiger partial charge is 0.507 e. The lowest BCUT2D eigenvalue weighted by molar-refractivity contribution is 0.477. The molecule has 1 N–H and O–H groups in total. The van der Waals surface area contributed by atoms with Gasteiger partial charge in [0, 0.05) is 33.9 Å². The van der Waals surface area contributed by atoms with E-state index in [2.05, 4.69) is 181 Å². The number of nitrogens with zero attached hydrogens (tertiary/aromatic N) is 3. The summed E-state index contributed by atoms with van der Waals surface area (Å²) in [6.45, 7) is 18.2. The first-order chi connectivity index (χ1) is 27.2. The topological polar surface area (TPSA) is 50.4 Å². The van der Waals surface area contributed by atoms with Crippen molar-refractivity contribution >= 4 is 5.65 Å². The quantitative estimate of drug-likeness (QED) is 0.191. The monoisotopic (exact) mass is 743 g/mol. The standard InChI is InChI=1S/C53H49N3O/c1-51(2,3)38-26-36(27-39(30-38)52(4,5)6)37-28-45(54-46(29-37)42-31-44-41(32-47(42)57)40-21-12-13-22-43(40)53(44,7)8)34-19-16-20-35(25-34)49-50(33-17-10-9-11-18-33)56-24-15-14-23-48(56)55-49/h9-32,57H,1-8H3. The van der Waals surface area contributed by atoms with Crippen molar-refractivity contribution in [1.82, 2.24) is 14.4 Å². The lowest BCUT2D eigenvalue weighted by Crippen LogP contribution is -2.16. The first-order valence-electron chi connectivity index (χ1n) is 20.0. The highest BCUT2D eigenvalue weighted by molar-refractivity contribution is 5.88. The van der Waals surface area contributed by atoms with E-state index in [0.717, 1.165) is 67.4 Å². The van der Waals surface area contributed by atoms with Crippen LogP contribution in [0.5, 0.6) is 5.75 Å². The average molecular weight is 744 g/mol. The lowest BCUT2D eigenvalue weighted by atomic mass is 9.78. The van der Waals surface area contributed by atoms with Crippen molar-refractivity contribution in [2.45, 2.75) is 71.6 Å². The number of imidazole rings is 1. The molecule has 0 unspecified atom stereocenters. The third kappa shape index (κ3) is 6.34. The molecule has 1 aliphatic carbocycles. The Kier molecular flexibility index (Phi) is 8.40. The van der Waals surface area contributed by atoms with Gasteiger partial charge in [-0.3, -0.25) is 4.40 Å². The Hall–Kier alpha value is -6.26. The number of pyridine rings is 2. The molecule has 4 nitrogen and oxygen atoms in total. The van der Waals surface area contributed by atoms with Gasteiger partial charge >= 0.3 is 0 Å². The van der Waals surface area contributed by atoms with Gasteiger partial charge in [-0.2, -0.15) is 0 Å². The van der Waals surface area contributed by atoms with Crippen LogP contribution in [0, 0.1) is 0 Å². The minimum atomic E-state index is -0.226. The van der Waals surface area contributed by atoms with Gasteiger partial charge in [0.1, 0.15) is 11.4 Å². The number of aromatic hydroxyl groups is 1. The number of aromatic nitrogens is 3. The molecule has 0 aliphatic heterocycles. The van der Waals surface area contributed by atoms with Crippen LogP contribution in [0.2, 0.25) is 0 Å². The van der Waals surface area contributed by atoms with Gasteiger partial charge in [-0.15, -0.1) is 0 Å². The Balaban J connectivity index is 1.27. The summed E-state index contributed by atoms with van der Waals surface area (Å²) in [4.78, 5) is 10.6. The summed E-state index contributed by atoms with van der Waals surface area (Å²) >= 11 is 0. The Morgan fingerprint density at radius 3 is 1.86 bits per heavy atom. The normalized spacial score (nSPS) is 13.5. The van der Waals surface area contributed by atoms with Crippen molar-refractivity contribution in [2.24, 2.45) is 0 Å². The van der Waals surface area contributed by atoms with Crippen LogP contribution in [0.1, 0.15) is 77.6 Å². The molecule has 3 heterocycles. The van der Waals surface area contributed by atoms with Gasteiger partial charge in [-0.05, 0) is 97.8 Å². The molecular weight excluding hydrogens is 695 g/mol. The number of phenols is 1. The number of rotatable bonds is 5. The molecule has 9 rings (SSSR count). The first-order valence-corrected chi connectivity index (χ1v) is 20.0. The highest BCUT2D eigenvalue weighted by atomic mass is 16.3. The zero-order chi connectivity index (χ0) is 39.9. The molecule has 0 atom stereocenters. The van der Waals surface area contributed by atoms with Crippen LogP contribution in [-0.4, -0.2) is 19.5 Å². The van der Waals surface area contributed by atoms with Crippen molar-refractivity contribution in [2.75, 3.05) is 0 Å². The van der Waals surface area contributed by atoms with Crippen LogP contribution in [0.3, 0.4) is 0 Å². The van der Waals surface area contributed by atoms with Crippen molar-refractivity contribution < 1.29 is 5.11 Å².